The van der Waals surface area contributed by atoms with E-state index < -0.39 is 36.9 Å². The maximum atomic E-state index is 7.87. The smallest absolute Gasteiger partial charge is 0.198 e. The molecule has 5 aliphatic rings. The van der Waals surface area contributed by atoms with E-state index >= 15 is 0 Å². The Morgan fingerprint density at radius 3 is 1.62 bits per heavy atom. The first-order valence-corrected chi connectivity index (χ1v) is 9.67. The molecule has 0 aromatic rings. The molecular formula is C22H34O4. The van der Waals surface area contributed by atoms with Gasteiger partial charge in [0.05, 0.1) is 8.22 Å². The number of fused-ring (bicyclic) bond motifs is 1. The standard InChI is InChI=1S/C22H34O4/c1-15(2)17-7-9-19-11-12-20(25-21(19,13-17)23-5)10-8-18(16(3)4)14-22(20,24-6)26-19/h17-18H,1,3,7-14H2,2,4-6H3/t17-,18-,19-,20-,21-,22-/m1/s1/i5D3,6D3. The van der Waals surface area contributed by atoms with E-state index in [-0.39, 0.29) is 11.8 Å². The lowest BCUT2D eigenvalue weighted by atomic mass is 9.59. The normalized spacial score (nSPS) is 54.4. The van der Waals surface area contributed by atoms with Crippen LogP contribution in [0.4, 0.5) is 0 Å². The van der Waals surface area contributed by atoms with Crippen molar-refractivity contribution in [1.82, 2.24) is 0 Å². The summed E-state index contributed by atoms with van der Waals surface area (Å²) in [6, 6.07) is 0. The van der Waals surface area contributed by atoms with E-state index in [1.54, 1.807) is 0 Å². The minimum Gasteiger partial charge on any atom is -0.351 e. The molecule has 26 heavy (non-hydrogen) atoms. The van der Waals surface area contributed by atoms with Crippen molar-refractivity contribution in [2.24, 2.45) is 11.8 Å². The van der Waals surface area contributed by atoms with Crippen LogP contribution in [0.15, 0.2) is 24.3 Å². The van der Waals surface area contributed by atoms with Crippen molar-refractivity contribution in [3.05, 3.63) is 24.3 Å². The van der Waals surface area contributed by atoms with Gasteiger partial charge in [-0.2, -0.15) is 0 Å². The predicted molar refractivity (Wildman–Crippen MR) is 101 cm³/mol. The fourth-order valence-electron chi connectivity index (χ4n) is 5.87. The van der Waals surface area contributed by atoms with E-state index in [0.29, 0.717) is 38.5 Å². The van der Waals surface area contributed by atoms with Crippen molar-refractivity contribution < 1.29 is 27.2 Å². The summed E-state index contributed by atoms with van der Waals surface area (Å²) in [5, 5.41) is 0. The molecule has 4 nitrogen and oxygen atoms in total. The monoisotopic (exact) mass is 368 g/mol. The van der Waals surface area contributed by atoms with Gasteiger partial charge in [-0.05, 0) is 64.2 Å². The Kier molecular flexibility index (Phi) is 2.89. The maximum absolute atomic E-state index is 7.87. The van der Waals surface area contributed by atoms with Crippen molar-refractivity contribution >= 4 is 0 Å². The van der Waals surface area contributed by atoms with Crippen molar-refractivity contribution in [3.63, 3.8) is 0 Å². The SMILES string of the molecule is [2H]C([2H])([2H])O[C@@]12C[C@H](C(=C)C)CC[C@@]13CC[C@@]1(CC[C@@H](C(=C)C)C[C@@]1(OC([2H])([2H])[2H])O3)O2. The zero-order valence-electron chi connectivity index (χ0n) is 21.9. The molecule has 146 valence electrons. The van der Waals surface area contributed by atoms with Crippen LogP contribution in [-0.4, -0.2) is 36.9 Å². The number of rotatable bonds is 4. The van der Waals surface area contributed by atoms with E-state index in [1.807, 2.05) is 13.8 Å². The van der Waals surface area contributed by atoms with Crippen LogP contribution in [0.5, 0.6) is 0 Å². The molecule has 4 heteroatoms. The molecule has 0 radical (unpaired) electrons. The third-order valence-corrected chi connectivity index (χ3v) is 7.59. The molecule has 2 aliphatic carbocycles. The zero-order chi connectivity index (χ0) is 23.8. The van der Waals surface area contributed by atoms with E-state index in [9.17, 15) is 0 Å². The number of hydrogen-bond acceptors (Lipinski definition) is 4. The molecule has 0 aromatic heterocycles. The Bertz CT molecular complexity index is 743. The summed E-state index contributed by atoms with van der Waals surface area (Å²) in [7, 11) is -5.41. The Morgan fingerprint density at radius 1 is 0.846 bits per heavy atom. The Balaban J connectivity index is 1.83. The van der Waals surface area contributed by atoms with Crippen LogP contribution in [0.25, 0.3) is 0 Å². The predicted octanol–water partition coefficient (Wildman–Crippen LogP) is 4.74. The van der Waals surface area contributed by atoms with E-state index in [4.69, 9.17) is 27.2 Å². The van der Waals surface area contributed by atoms with Crippen molar-refractivity contribution in [3.8, 4) is 0 Å². The second-order valence-corrected chi connectivity index (χ2v) is 8.97. The molecule has 2 bridgehead atoms. The fraction of sp³-hybridized carbons (Fsp3) is 0.818. The highest BCUT2D eigenvalue weighted by Gasteiger charge is 2.76. The summed E-state index contributed by atoms with van der Waals surface area (Å²) in [6.07, 6.45) is 4.05. The van der Waals surface area contributed by atoms with Gasteiger partial charge < -0.3 is 18.9 Å². The van der Waals surface area contributed by atoms with Crippen LogP contribution in [-0.2, 0) is 18.9 Å². The van der Waals surface area contributed by atoms with Gasteiger partial charge in [-0.15, -0.1) is 0 Å². The van der Waals surface area contributed by atoms with Gasteiger partial charge >= 0.3 is 0 Å². The van der Waals surface area contributed by atoms with Gasteiger partial charge in [0.2, 0.25) is 0 Å². The summed E-state index contributed by atoms with van der Waals surface area (Å²) in [5.74, 6) is -2.99. The van der Waals surface area contributed by atoms with Crippen LogP contribution >= 0.6 is 0 Å². The number of ether oxygens (including phenoxy) is 4. The molecule has 2 saturated carbocycles. The van der Waals surface area contributed by atoms with Gasteiger partial charge in [-0.3, -0.25) is 0 Å². The van der Waals surface area contributed by atoms with Gasteiger partial charge in [0.1, 0.15) is 11.2 Å². The van der Waals surface area contributed by atoms with Gasteiger partial charge in [0, 0.05) is 26.9 Å². The first kappa shape index (κ1) is 12.7. The number of allylic oxidation sites excluding steroid dienone is 2. The second-order valence-electron chi connectivity index (χ2n) is 8.97. The van der Waals surface area contributed by atoms with Crippen LogP contribution in [0, 0.1) is 11.8 Å². The Labute approximate surface area is 166 Å². The molecule has 0 aromatic carbocycles. The molecular weight excluding hydrogens is 328 g/mol. The Morgan fingerprint density at radius 2 is 1.27 bits per heavy atom. The van der Waals surface area contributed by atoms with Gasteiger partial charge in [-0.25, -0.2) is 0 Å². The topological polar surface area (TPSA) is 36.9 Å². The third kappa shape index (κ3) is 2.22. The van der Waals surface area contributed by atoms with Gasteiger partial charge in [-0.1, -0.05) is 24.3 Å². The molecule has 5 rings (SSSR count). The second kappa shape index (κ2) is 5.91. The Hall–Kier alpha value is -0.680. The number of hydrogen-bond donors (Lipinski definition) is 0. The summed E-state index contributed by atoms with van der Waals surface area (Å²) in [4.78, 5) is 0. The highest BCUT2D eigenvalue weighted by Crippen LogP contribution is 2.67. The fourth-order valence-corrected chi connectivity index (χ4v) is 5.87. The van der Waals surface area contributed by atoms with Gasteiger partial charge in [0.25, 0.3) is 0 Å². The molecule has 6 atom stereocenters. The van der Waals surface area contributed by atoms with Crippen LogP contribution in [0.2, 0.25) is 0 Å². The van der Waals surface area contributed by atoms with Crippen molar-refractivity contribution in [2.75, 3.05) is 14.1 Å². The van der Waals surface area contributed by atoms with Gasteiger partial charge in [0.15, 0.2) is 11.6 Å². The zero-order valence-corrected chi connectivity index (χ0v) is 15.9. The quantitative estimate of drug-likeness (QED) is 0.672. The minimum absolute atomic E-state index is 0.0204. The summed E-state index contributed by atoms with van der Waals surface area (Å²) >= 11 is 0. The largest absolute Gasteiger partial charge is 0.351 e. The molecule has 3 saturated heterocycles. The highest BCUT2D eigenvalue weighted by atomic mass is 16.8. The molecule has 0 amide bonds. The summed E-state index contributed by atoms with van der Waals surface area (Å²) in [6.45, 7) is 12.0. The van der Waals surface area contributed by atoms with E-state index in [2.05, 4.69) is 13.2 Å². The average molecular weight is 369 g/mol. The minimum atomic E-state index is -2.70. The molecule has 2 spiro atoms. The molecule has 3 heterocycles. The van der Waals surface area contributed by atoms with Crippen LogP contribution in [0.3, 0.4) is 0 Å². The molecule has 0 N–H and O–H groups in total. The lowest BCUT2D eigenvalue weighted by Gasteiger charge is -2.72. The van der Waals surface area contributed by atoms with E-state index in [1.165, 1.54) is 0 Å². The number of methoxy groups -OCH3 is 2. The molecule has 3 aliphatic heterocycles. The van der Waals surface area contributed by atoms with E-state index in [0.717, 1.165) is 24.0 Å². The van der Waals surface area contributed by atoms with Crippen molar-refractivity contribution in [1.29, 1.82) is 0 Å². The average Bonchev–Trinajstić information content (AvgIpc) is 2.61. The van der Waals surface area contributed by atoms with Crippen LogP contribution in [0.1, 0.15) is 73.4 Å². The molecule has 5 fully saturated rings. The lowest BCUT2D eigenvalue weighted by Crippen LogP contribution is -2.82. The third-order valence-electron chi connectivity index (χ3n) is 7.59. The first-order chi connectivity index (χ1) is 14.6. The highest BCUT2D eigenvalue weighted by molar-refractivity contribution is 5.21. The first-order valence-electron chi connectivity index (χ1n) is 12.7. The maximum Gasteiger partial charge on any atom is 0.198 e. The lowest BCUT2D eigenvalue weighted by molar-refractivity contribution is -0.533. The molecule has 0 unspecified atom stereocenters. The summed E-state index contributed by atoms with van der Waals surface area (Å²) < 4.78 is 72.2. The summed E-state index contributed by atoms with van der Waals surface area (Å²) in [5.41, 5.74) is -0.354. The van der Waals surface area contributed by atoms with Crippen LogP contribution < -0.4 is 0 Å². The van der Waals surface area contributed by atoms with Crippen molar-refractivity contribution in [2.45, 2.75) is 88.0 Å².